The van der Waals surface area contributed by atoms with E-state index in [4.69, 9.17) is 10.6 Å². The Morgan fingerprint density at radius 3 is 2.43 bits per heavy atom. The van der Waals surface area contributed by atoms with Gasteiger partial charge in [-0.25, -0.2) is 5.84 Å². The second kappa shape index (κ2) is 12.6. The van der Waals surface area contributed by atoms with Crippen molar-refractivity contribution < 1.29 is 22.7 Å². The van der Waals surface area contributed by atoms with Crippen molar-refractivity contribution in [3.63, 3.8) is 0 Å². The number of benzene rings is 2. The maximum atomic E-state index is 14.0. The van der Waals surface area contributed by atoms with Gasteiger partial charge in [-0.15, -0.1) is 0 Å². The number of aryl methyl sites for hydroxylation is 2. The van der Waals surface area contributed by atoms with Crippen molar-refractivity contribution in [3.05, 3.63) is 81.8 Å². The SMILES string of the molecule is Cc1ccc(C(=O)Nc2cc(CN3CCOCC3)c(C)c(C(F)(F)F)c2)cc1N(N)/C=C(/c1cnn(C)c1C)N(C)C. The van der Waals surface area contributed by atoms with Crippen molar-refractivity contribution in [2.45, 2.75) is 33.5 Å². The van der Waals surface area contributed by atoms with Crippen LogP contribution in [-0.2, 0) is 24.5 Å². The maximum Gasteiger partial charge on any atom is 0.416 e. The molecule has 0 saturated carbocycles. The van der Waals surface area contributed by atoms with Gasteiger partial charge in [0.1, 0.15) is 0 Å². The molecule has 1 saturated heterocycles. The standard InChI is InChI=1S/C30H38F3N7O2/c1-19-7-8-22(14-27(19)40(34)18-28(37(4)5)25-16-35-38(6)21(25)3)29(41)36-24-13-23(17-39-9-11-42-12-10-39)20(2)26(15-24)30(31,32)33/h7-8,13-16,18H,9-12,17,34H2,1-6H3,(H,36,41)/b28-18-. The minimum atomic E-state index is -4.56. The summed E-state index contributed by atoms with van der Waals surface area (Å²) in [6.07, 6.45) is -1.05. The van der Waals surface area contributed by atoms with E-state index in [1.165, 1.54) is 11.9 Å². The van der Waals surface area contributed by atoms with E-state index in [0.29, 0.717) is 44.1 Å². The normalized spacial score (nSPS) is 14.7. The van der Waals surface area contributed by atoms with E-state index in [1.807, 2.05) is 44.8 Å². The summed E-state index contributed by atoms with van der Waals surface area (Å²) in [6.45, 7) is 7.93. The van der Waals surface area contributed by atoms with Crippen molar-refractivity contribution >= 4 is 23.0 Å². The third kappa shape index (κ3) is 6.94. The van der Waals surface area contributed by atoms with Gasteiger partial charge in [0.05, 0.1) is 36.4 Å². The molecule has 0 aliphatic carbocycles. The van der Waals surface area contributed by atoms with E-state index in [2.05, 4.69) is 10.4 Å². The van der Waals surface area contributed by atoms with Gasteiger partial charge in [0, 0.05) is 69.5 Å². The second-order valence-corrected chi connectivity index (χ2v) is 10.7. The fourth-order valence-corrected chi connectivity index (χ4v) is 4.91. The smallest absolute Gasteiger partial charge is 0.379 e. The van der Waals surface area contributed by atoms with Crippen LogP contribution in [0.3, 0.4) is 0 Å². The Bertz CT molecular complexity index is 1470. The molecule has 9 nitrogen and oxygen atoms in total. The summed E-state index contributed by atoms with van der Waals surface area (Å²) >= 11 is 0. The molecule has 1 aliphatic rings. The van der Waals surface area contributed by atoms with Crippen LogP contribution in [0, 0.1) is 20.8 Å². The van der Waals surface area contributed by atoms with E-state index < -0.39 is 17.6 Å². The van der Waals surface area contributed by atoms with Gasteiger partial charge >= 0.3 is 6.18 Å². The summed E-state index contributed by atoms with van der Waals surface area (Å²) in [4.78, 5) is 17.3. The van der Waals surface area contributed by atoms with Crippen molar-refractivity contribution in [1.82, 2.24) is 19.6 Å². The summed E-state index contributed by atoms with van der Waals surface area (Å²) in [6, 6.07) is 7.60. The fourth-order valence-electron chi connectivity index (χ4n) is 4.91. The zero-order valence-electron chi connectivity index (χ0n) is 24.8. The highest BCUT2D eigenvalue weighted by Crippen LogP contribution is 2.36. The third-order valence-corrected chi connectivity index (χ3v) is 7.58. The number of anilines is 2. The van der Waals surface area contributed by atoms with E-state index in [9.17, 15) is 18.0 Å². The maximum absolute atomic E-state index is 14.0. The molecule has 0 bridgehead atoms. The second-order valence-electron chi connectivity index (χ2n) is 10.7. The van der Waals surface area contributed by atoms with Crippen molar-refractivity contribution in [3.8, 4) is 0 Å². The highest BCUT2D eigenvalue weighted by atomic mass is 19.4. The average molecular weight is 586 g/mol. The molecule has 2 heterocycles. The van der Waals surface area contributed by atoms with Crippen LogP contribution in [0.2, 0.25) is 0 Å². The van der Waals surface area contributed by atoms with Crippen LogP contribution in [0.5, 0.6) is 0 Å². The van der Waals surface area contributed by atoms with Crippen LogP contribution >= 0.6 is 0 Å². The van der Waals surface area contributed by atoms with E-state index >= 15 is 0 Å². The number of hydrazine groups is 1. The molecule has 226 valence electrons. The highest BCUT2D eigenvalue weighted by molar-refractivity contribution is 6.05. The van der Waals surface area contributed by atoms with Gasteiger partial charge in [-0.1, -0.05) is 6.07 Å². The van der Waals surface area contributed by atoms with Crippen LogP contribution < -0.4 is 16.2 Å². The first kappa shape index (κ1) is 31.1. The van der Waals surface area contributed by atoms with Gasteiger partial charge in [0.25, 0.3) is 5.91 Å². The van der Waals surface area contributed by atoms with Crippen molar-refractivity contribution in [2.24, 2.45) is 12.9 Å². The number of aromatic nitrogens is 2. The zero-order valence-corrected chi connectivity index (χ0v) is 24.8. The number of carbonyl (C=O) groups excluding carboxylic acids is 1. The number of morpholine rings is 1. The molecule has 0 unspecified atom stereocenters. The van der Waals surface area contributed by atoms with E-state index in [0.717, 1.165) is 28.6 Å². The largest absolute Gasteiger partial charge is 0.416 e. The molecule has 4 rings (SSSR count). The number of nitrogens with two attached hydrogens (primary N) is 1. The molecule has 1 amide bonds. The predicted octanol–water partition coefficient (Wildman–Crippen LogP) is 4.69. The third-order valence-electron chi connectivity index (χ3n) is 7.58. The lowest BCUT2D eigenvalue weighted by Crippen LogP contribution is -2.36. The monoisotopic (exact) mass is 585 g/mol. The molecular formula is C30H38F3N7O2. The summed E-state index contributed by atoms with van der Waals surface area (Å²) in [5.74, 6) is 5.93. The number of rotatable bonds is 8. The highest BCUT2D eigenvalue weighted by Gasteiger charge is 2.34. The molecule has 2 aromatic carbocycles. The lowest BCUT2D eigenvalue weighted by Gasteiger charge is -2.28. The minimum absolute atomic E-state index is 0.0785. The Balaban J connectivity index is 1.63. The van der Waals surface area contributed by atoms with Crippen molar-refractivity contribution in [2.75, 3.05) is 50.7 Å². The molecule has 12 heteroatoms. The van der Waals surface area contributed by atoms with E-state index in [-0.39, 0.29) is 16.8 Å². The number of alkyl halides is 3. The first-order valence-corrected chi connectivity index (χ1v) is 13.6. The molecule has 1 aromatic heterocycles. The molecule has 0 spiro atoms. The Labute approximate surface area is 244 Å². The summed E-state index contributed by atoms with van der Waals surface area (Å²) in [5, 5.41) is 8.43. The van der Waals surface area contributed by atoms with E-state index in [1.54, 1.807) is 41.3 Å². The van der Waals surface area contributed by atoms with Crippen molar-refractivity contribution in [1.29, 1.82) is 0 Å². The molecule has 3 N–H and O–H groups in total. The van der Waals surface area contributed by atoms with Gasteiger partial charge in [-0.2, -0.15) is 18.3 Å². The van der Waals surface area contributed by atoms with Crippen LogP contribution in [0.4, 0.5) is 24.5 Å². The number of amides is 1. The number of nitrogens with one attached hydrogen (secondary N) is 1. The fraction of sp³-hybridized carbons (Fsp3) is 0.400. The summed E-state index contributed by atoms with van der Waals surface area (Å²) in [7, 11) is 5.65. The number of hydrogen-bond donors (Lipinski definition) is 2. The number of ether oxygens (including phenoxy) is 1. The Morgan fingerprint density at radius 1 is 1.14 bits per heavy atom. The van der Waals surface area contributed by atoms with Gasteiger partial charge < -0.3 is 15.0 Å². The Morgan fingerprint density at radius 2 is 1.83 bits per heavy atom. The molecule has 0 atom stereocenters. The van der Waals surface area contributed by atoms with Crippen LogP contribution in [-0.4, -0.2) is 65.9 Å². The quantitative estimate of drug-likeness (QED) is 0.293. The lowest BCUT2D eigenvalue weighted by molar-refractivity contribution is -0.138. The summed E-state index contributed by atoms with van der Waals surface area (Å²) in [5.41, 5.74) is 4.27. The van der Waals surface area contributed by atoms with Gasteiger partial charge in [0.2, 0.25) is 0 Å². The van der Waals surface area contributed by atoms with Crippen LogP contribution in [0.15, 0.2) is 42.7 Å². The zero-order chi connectivity index (χ0) is 30.8. The first-order chi connectivity index (χ1) is 19.8. The average Bonchev–Trinajstić information content (AvgIpc) is 3.26. The van der Waals surface area contributed by atoms with Gasteiger partial charge in [-0.3, -0.25) is 19.4 Å². The minimum Gasteiger partial charge on any atom is -0.379 e. The first-order valence-electron chi connectivity index (χ1n) is 13.6. The Hall–Kier alpha value is -3.87. The Kier molecular flexibility index (Phi) is 9.29. The molecule has 42 heavy (non-hydrogen) atoms. The molecular weight excluding hydrogens is 547 g/mol. The van der Waals surface area contributed by atoms with Crippen LogP contribution in [0.25, 0.3) is 5.70 Å². The topological polar surface area (TPSA) is 91.9 Å². The van der Waals surface area contributed by atoms with Gasteiger partial charge in [0.15, 0.2) is 0 Å². The van der Waals surface area contributed by atoms with Crippen LogP contribution in [0.1, 0.15) is 43.9 Å². The number of halogens is 3. The molecule has 1 fully saturated rings. The number of carbonyl (C=O) groups is 1. The molecule has 1 aliphatic heterocycles. The summed E-state index contributed by atoms with van der Waals surface area (Å²) < 4.78 is 49.0. The molecule has 3 aromatic rings. The predicted molar refractivity (Wildman–Crippen MR) is 158 cm³/mol. The van der Waals surface area contributed by atoms with Gasteiger partial charge in [-0.05, 0) is 61.7 Å². The number of nitrogens with zero attached hydrogens (tertiary/aromatic N) is 5. The molecule has 0 radical (unpaired) electrons. The lowest BCUT2D eigenvalue weighted by atomic mass is 9.99. The number of hydrogen-bond acceptors (Lipinski definition) is 7.